The Hall–Kier alpha value is -3.32. The molecule has 0 bridgehead atoms. The smallest absolute Gasteiger partial charge is 0.339 e. The number of hydrogen-bond donors (Lipinski definition) is 0. The maximum Gasteiger partial charge on any atom is 0.339 e. The van der Waals surface area contributed by atoms with Crippen LogP contribution in [0, 0.1) is 11.3 Å². The van der Waals surface area contributed by atoms with Crippen LogP contribution in [-0.4, -0.2) is 40.8 Å². The van der Waals surface area contributed by atoms with Crippen LogP contribution in [0.1, 0.15) is 66.5 Å². The van der Waals surface area contributed by atoms with Crippen LogP contribution in [0.4, 0.5) is 0 Å². The SMILES string of the molecule is CC(C)(C)C1C/C(=C/c2cccs2)c2nc3ccccc3c(C(=O)OCC(=O)N3CCCC3=O)c2C1. The van der Waals surface area contributed by atoms with Gasteiger partial charge in [0.1, 0.15) is 0 Å². The molecule has 6 nitrogen and oxygen atoms in total. The number of esters is 1. The standard InChI is InChI=1S/C29H30N2O4S/c1-29(2,3)19-14-18(15-20-8-7-13-36-20)27-22(16-19)26(21-9-4-5-10-23(21)30-27)28(34)35-17-25(33)31-12-6-11-24(31)32/h4-5,7-10,13,15,19H,6,11-12,14,16-17H2,1-3H3/b18-15-. The van der Waals surface area contributed by atoms with Crippen molar-refractivity contribution in [3.63, 3.8) is 0 Å². The van der Waals surface area contributed by atoms with Gasteiger partial charge in [0.2, 0.25) is 5.91 Å². The Morgan fingerprint density at radius 2 is 1.97 bits per heavy atom. The molecule has 0 N–H and O–H groups in total. The number of amides is 2. The van der Waals surface area contributed by atoms with E-state index in [1.807, 2.05) is 30.3 Å². The number of allylic oxidation sites excluding steroid dienone is 1. The van der Waals surface area contributed by atoms with E-state index in [4.69, 9.17) is 9.72 Å². The van der Waals surface area contributed by atoms with Crippen molar-refractivity contribution in [3.8, 4) is 0 Å². The molecular weight excluding hydrogens is 472 g/mol. The second-order valence-electron chi connectivity index (χ2n) is 10.6. The highest BCUT2D eigenvalue weighted by molar-refractivity contribution is 7.10. The molecule has 36 heavy (non-hydrogen) atoms. The zero-order chi connectivity index (χ0) is 25.4. The van der Waals surface area contributed by atoms with Crippen molar-refractivity contribution in [2.24, 2.45) is 11.3 Å². The van der Waals surface area contributed by atoms with Gasteiger partial charge in [-0.3, -0.25) is 14.5 Å². The zero-order valence-electron chi connectivity index (χ0n) is 20.9. The second-order valence-corrected chi connectivity index (χ2v) is 11.6. The van der Waals surface area contributed by atoms with Crippen LogP contribution in [0.2, 0.25) is 0 Å². The van der Waals surface area contributed by atoms with Crippen molar-refractivity contribution in [2.45, 2.75) is 46.5 Å². The predicted octanol–water partition coefficient (Wildman–Crippen LogP) is 5.75. The number of hydrogen-bond acceptors (Lipinski definition) is 6. The molecule has 3 aromatic rings. The van der Waals surface area contributed by atoms with E-state index in [9.17, 15) is 14.4 Å². The fourth-order valence-corrected chi connectivity index (χ4v) is 5.79. The fraction of sp³-hybridized carbons (Fsp3) is 0.379. The Bertz CT molecular complexity index is 1370. The number of carbonyl (C=O) groups excluding carboxylic acids is 3. The van der Waals surface area contributed by atoms with E-state index in [1.165, 1.54) is 4.90 Å². The molecule has 1 unspecified atom stereocenters. The lowest BCUT2D eigenvalue weighted by molar-refractivity contribution is -0.143. The molecule has 1 aliphatic heterocycles. The summed E-state index contributed by atoms with van der Waals surface area (Å²) in [4.78, 5) is 45.4. The van der Waals surface area contributed by atoms with Crippen molar-refractivity contribution in [1.82, 2.24) is 9.88 Å². The third-order valence-corrected chi connectivity index (χ3v) is 8.02. The monoisotopic (exact) mass is 502 g/mol. The van der Waals surface area contributed by atoms with Gasteiger partial charge in [0.25, 0.3) is 5.91 Å². The second kappa shape index (κ2) is 9.62. The van der Waals surface area contributed by atoms with E-state index >= 15 is 0 Å². The summed E-state index contributed by atoms with van der Waals surface area (Å²) in [6.07, 6.45) is 4.75. The van der Waals surface area contributed by atoms with Crippen LogP contribution in [0.25, 0.3) is 22.6 Å². The molecule has 186 valence electrons. The molecule has 3 heterocycles. The highest BCUT2D eigenvalue weighted by Crippen LogP contribution is 2.45. The van der Waals surface area contributed by atoms with Gasteiger partial charge in [0.15, 0.2) is 6.61 Å². The third-order valence-electron chi connectivity index (χ3n) is 7.20. The number of benzene rings is 1. The van der Waals surface area contributed by atoms with Crippen molar-refractivity contribution < 1.29 is 19.1 Å². The maximum absolute atomic E-state index is 13.6. The molecule has 2 aliphatic rings. The largest absolute Gasteiger partial charge is 0.452 e. The highest BCUT2D eigenvalue weighted by atomic mass is 32.1. The number of thiophene rings is 1. The lowest BCUT2D eigenvalue weighted by atomic mass is 9.69. The van der Waals surface area contributed by atoms with E-state index < -0.39 is 18.5 Å². The summed E-state index contributed by atoms with van der Waals surface area (Å²) in [5.74, 6) is -0.924. The highest BCUT2D eigenvalue weighted by Gasteiger charge is 2.36. The van der Waals surface area contributed by atoms with Gasteiger partial charge < -0.3 is 4.74 Å². The molecule has 1 saturated heterocycles. The van der Waals surface area contributed by atoms with Crippen LogP contribution < -0.4 is 0 Å². The lowest BCUT2D eigenvalue weighted by Crippen LogP contribution is -2.35. The number of pyridine rings is 1. The van der Waals surface area contributed by atoms with Crippen LogP contribution in [0.3, 0.4) is 0 Å². The minimum atomic E-state index is -0.546. The molecule has 0 saturated carbocycles. The Kier molecular flexibility index (Phi) is 6.51. The number of aromatic nitrogens is 1. The van der Waals surface area contributed by atoms with E-state index in [0.717, 1.165) is 39.0 Å². The lowest BCUT2D eigenvalue weighted by Gasteiger charge is -2.36. The Balaban J connectivity index is 1.58. The van der Waals surface area contributed by atoms with Crippen molar-refractivity contribution in [3.05, 3.63) is 63.5 Å². The average molecular weight is 503 g/mol. The summed E-state index contributed by atoms with van der Waals surface area (Å²) in [5, 5.41) is 2.77. The van der Waals surface area contributed by atoms with Crippen molar-refractivity contribution >= 4 is 51.7 Å². The number of fused-ring (bicyclic) bond motifs is 2. The number of nitrogens with zero attached hydrogens (tertiary/aromatic N) is 2. The quantitative estimate of drug-likeness (QED) is 0.425. The van der Waals surface area contributed by atoms with Gasteiger partial charge >= 0.3 is 5.97 Å². The summed E-state index contributed by atoms with van der Waals surface area (Å²) in [5.41, 5.74) is 4.02. The molecule has 2 aromatic heterocycles. The van der Waals surface area contributed by atoms with Crippen LogP contribution in [0.5, 0.6) is 0 Å². The van der Waals surface area contributed by atoms with E-state index in [0.29, 0.717) is 37.3 Å². The number of carbonyl (C=O) groups is 3. The van der Waals surface area contributed by atoms with Crippen LogP contribution in [-0.2, 0) is 20.7 Å². The molecule has 0 radical (unpaired) electrons. The predicted molar refractivity (Wildman–Crippen MR) is 141 cm³/mol. The van der Waals surface area contributed by atoms with Gasteiger partial charge in [0, 0.05) is 23.2 Å². The molecular formula is C29H30N2O4S. The van der Waals surface area contributed by atoms with Gasteiger partial charge in [-0.2, -0.15) is 0 Å². The number of ether oxygens (including phenoxy) is 1. The average Bonchev–Trinajstić information content (AvgIpc) is 3.52. The van der Waals surface area contributed by atoms with Crippen LogP contribution >= 0.6 is 11.3 Å². The van der Waals surface area contributed by atoms with Gasteiger partial charge in [-0.1, -0.05) is 45.0 Å². The summed E-state index contributed by atoms with van der Waals surface area (Å²) in [6.45, 7) is 6.61. The summed E-state index contributed by atoms with van der Waals surface area (Å²) < 4.78 is 5.56. The molecule has 1 aliphatic carbocycles. The normalized spacial score (nSPS) is 19.1. The number of imide groups is 1. The van der Waals surface area contributed by atoms with Crippen LogP contribution in [0.15, 0.2) is 41.8 Å². The summed E-state index contributed by atoms with van der Waals surface area (Å²) in [6, 6.07) is 11.7. The fourth-order valence-electron chi connectivity index (χ4n) is 5.10. The number of likely N-dealkylation sites (tertiary alicyclic amines) is 1. The third kappa shape index (κ3) is 4.72. The van der Waals surface area contributed by atoms with E-state index in [2.05, 4.69) is 38.3 Å². The molecule has 0 spiro atoms. The first-order valence-electron chi connectivity index (χ1n) is 12.4. The first kappa shape index (κ1) is 24.4. The van der Waals surface area contributed by atoms with Gasteiger partial charge in [-0.25, -0.2) is 9.78 Å². The van der Waals surface area contributed by atoms with E-state index in [1.54, 1.807) is 11.3 Å². The minimum Gasteiger partial charge on any atom is -0.452 e. The molecule has 2 amide bonds. The summed E-state index contributed by atoms with van der Waals surface area (Å²) in [7, 11) is 0. The minimum absolute atomic E-state index is 0.0190. The van der Waals surface area contributed by atoms with Crippen molar-refractivity contribution in [1.29, 1.82) is 0 Å². The topological polar surface area (TPSA) is 76.6 Å². The molecule has 7 heteroatoms. The Morgan fingerprint density at radius 1 is 1.17 bits per heavy atom. The first-order chi connectivity index (χ1) is 17.2. The summed E-state index contributed by atoms with van der Waals surface area (Å²) >= 11 is 1.67. The van der Waals surface area contributed by atoms with Gasteiger partial charge in [0.05, 0.1) is 16.8 Å². The number of rotatable bonds is 4. The molecule has 5 rings (SSSR count). The maximum atomic E-state index is 13.6. The van der Waals surface area contributed by atoms with E-state index in [-0.39, 0.29) is 11.3 Å². The molecule has 1 fully saturated rings. The van der Waals surface area contributed by atoms with Gasteiger partial charge in [-0.05, 0) is 65.3 Å². The van der Waals surface area contributed by atoms with Gasteiger partial charge in [-0.15, -0.1) is 11.3 Å². The zero-order valence-corrected chi connectivity index (χ0v) is 21.7. The Morgan fingerprint density at radius 3 is 2.67 bits per heavy atom. The first-order valence-corrected chi connectivity index (χ1v) is 13.3. The van der Waals surface area contributed by atoms with Crippen molar-refractivity contribution in [2.75, 3.05) is 13.2 Å². The molecule has 1 atom stereocenters. The molecule has 1 aromatic carbocycles. The number of para-hydroxylation sites is 1. The Labute approximate surface area is 215 Å².